The minimum atomic E-state index is -4.81. The molecule has 0 spiro atoms. The molecule has 0 fully saturated rings. The van der Waals surface area contributed by atoms with Gasteiger partial charge in [-0.25, -0.2) is 0 Å². The number of pyridine rings is 1. The van der Waals surface area contributed by atoms with Crippen molar-refractivity contribution in [3.63, 3.8) is 0 Å². The van der Waals surface area contributed by atoms with Crippen LogP contribution in [0.25, 0.3) is 11.3 Å². The van der Waals surface area contributed by atoms with Crippen molar-refractivity contribution in [3.8, 4) is 17.3 Å². The first-order chi connectivity index (χ1) is 13.7. The second kappa shape index (κ2) is 7.84. The predicted octanol–water partition coefficient (Wildman–Crippen LogP) is 4.52. The lowest BCUT2D eigenvalue weighted by Crippen LogP contribution is -2.28. The molecule has 4 nitrogen and oxygen atoms in total. The normalized spacial score (nSPS) is 11.2. The average molecular weight is 397 g/mol. The molecule has 0 amide bonds. The fraction of sp³-hybridized carbons (Fsp3) is 0.182. The van der Waals surface area contributed by atoms with E-state index in [1.165, 1.54) is 10.6 Å². The van der Waals surface area contributed by atoms with Crippen molar-refractivity contribution in [3.05, 3.63) is 87.7 Å². The zero-order chi connectivity index (χ0) is 21.2. The number of nitrogens with zero attached hydrogens (tertiary/aromatic N) is 3. The standard InChI is InChI=1S/C22H18F3N3O/c1-27(2)17-10-8-16(9-11-17)20-12-19(22(23,24)25)18(13-26)21(29)28(20)14-15-6-4-3-5-7-15/h3-12H,14H2,1-2H3. The second-order valence-corrected chi connectivity index (χ2v) is 6.75. The average Bonchev–Trinajstić information content (AvgIpc) is 2.69. The molecule has 29 heavy (non-hydrogen) atoms. The van der Waals surface area contributed by atoms with Gasteiger partial charge in [0.05, 0.1) is 17.8 Å². The number of benzene rings is 2. The van der Waals surface area contributed by atoms with Gasteiger partial charge >= 0.3 is 6.18 Å². The summed E-state index contributed by atoms with van der Waals surface area (Å²) in [7, 11) is 3.70. The zero-order valence-corrected chi connectivity index (χ0v) is 15.9. The van der Waals surface area contributed by atoms with Gasteiger partial charge in [-0.05, 0) is 29.3 Å². The van der Waals surface area contributed by atoms with Crippen LogP contribution in [0.1, 0.15) is 16.7 Å². The Balaban J connectivity index is 2.27. The van der Waals surface area contributed by atoms with Crippen molar-refractivity contribution in [1.29, 1.82) is 5.26 Å². The largest absolute Gasteiger partial charge is 0.417 e. The number of rotatable bonds is 4. The molecule has 0 saturated heterocycles. The second-order valence-electron chi connectivity index (χ2n) is 6.75. The van der Waals surface area contributed by atoms with E-state index in [9.17, 15) is 23.2 Å². The Bertz CT molecular complexity index is 1110. The van der Waals surface area contributed by atoms with E-state index in [-0.39, 0.29) is 12.2 Å². The molecule has 0 saturated carbocycles. The Hall–Kier alpha value is -3.53. The molecule has 148 valence electrons. The topological polar surface area (TPSA) is 49.0 Å². The number of alkyl halides is 3. The van der Waals surface area contributed by atoms with Crippen molar-refractivity contribution in [2.45, 2.75) is 12.7 Å². The molecular weight excluding hydrogens is 379 g/mol. The molecule has 0 aliphatic rings. The van der Waals surface area contributed by atoms with Crippen LogP contribution >= 0.6 is 0 Å². The lowest BCUT2D eigenvalue weighted by molar-refractivity contribution is -0.137. The van der Waals surface area contributed by atoms with E-state index in [4.69, 9.17) is 0 Å². The van der Waals surface area contributed by atoms with Crippen LogP contribution in [0, 0.1) is 11.3 Å². The SMILES string of the molecule is CN(C)c1ccc(-c2cc(C(F)(F)F)c(C#N)c(=O)n2Cc2ccccc2)cc1. The molecule has 0 unspecified atom stereocenters. The molecule has 2 aromatic carbocycles. The first-order valence-electron chi connectivity index (χ1n) is 8.79. The van der Waals surface area contributed by atoms with Crippen LogP contribution in [0.3, 0.4) is 0 Å². The van der Waals surface area contributed by atoms with Gasteiger partial charge in [0.25, 0.3) is 5.56 Å². The first kappa shape index (κ1) is 20.2. The van der Waals surface area contributed by atoms with Gasteiger partial charge in [0.15, 0.2) is 0 Å². The van der Waals surface area contributed by atoms with Gasteiger partial charge in [-0.15, -0.1) is 0 Å². The summed E-state index contributed by atoms with van der Waals surface area (Å²) < 4.78 is 41.8. The Morgan fingerprint density at radius 3 is 2.17 bits per heavy atom. The summed E-state index contributed by atoms with van der Waals surface area (Å²) in [6.45, 7) is 0.0528. The summed E-state index contributed by atoms with van der Waals surface area (Å²) in [4.78, 5) is 14.7. The molecule has 1 heterocycles. The Morgan fingerprint density at radius 1 is 1.03 bits per heavy atom. The molecule has 1 aromatic heterocycles. The highest BCUT2D eigenvalue weighted by Gasteiger charge is 2.36. The molecule has 3 aromatic rings. The van der Waals surface area contributed by atoms with Crippen LogP contribution in [0.2, 0.25) is 0 Å². The van der Waals surface area contributed by atoms with Crippen LogP contribution in [-0.2, 0) is 12.7 Å². The first-order valence-corrected chi connectivity index (χ1v) is 8.79. The summed E-state index contributed by atoms with van der Waals surface area (Å²) >= 11 is 0. The summed E-state index contributed by atoms with van der Waals surface area (Å²) in [6, 6.07) is 18.1. The van der Waals surface area contributed by atoms with Gasteiger partial charge < -0.3 is 9.47 Å². The molecule has 0 atom stereocenters. The van der Waals surface area contributed by atoms with Gasteiger partial charge in [0.1, 0.15) is 11.6 Å². The van der Waals surface area contributed by atoms with E-state index in [0.717, 1.165) is 17.3 Å². The van der Waals surface area contributed by atoms with Crippen molar-refractivity contribution in [2.24, 2.45) is 0 Å². The highest BCUT2D eigenvalue weighted by molar-refractivity contribution is 5.65. The minimum absolute atomic E-state index is 0.0528. The van der Waals surface area contributed by atoms with Gasteiger partial charge in [0.2, 0.25) is 0 Å². The van der Waals surface area contributed by atoms with Crippen molar-refractivity contribution in [2.75, 3.05) is 19.0 Å². The smallest absolute Gasteiger partial charge is 0.378 e. The maximum Gasteiger partial charge on any atom is 0.417 e. The maximum atomic E-state index is 13.5. The molecule has 7 heteroatoms. The van der Waals surface area contributed by atoms with E-state index in [2.05, 4.69) is 0 Å². The quantitative estimate of drug-likeness (QED) is 0.650. The third-order valence-electron chi connectivity index (χ3n) is 4.58. The lowest BCUT2D eigenvalue weighted by atomic mass is 10.0. The molecule has 0 aliphatic carbocycles. The van der Waals surface area contributed by atoms with Gasteiger partial charge in [-0.3, -0.25) is 4.79 Å². The summed E-state index contributed by atoms with van der Waals surface area (Å²) in [5.74, 6) is 0. The van der Waals surface area contributed by atoms with Gasteiger partial charge in [-0.1, -0.05) is 42.5 Å². The summed E-state index contributed by atoms with van der Waals surface area (Å²) in [6.07, 6.45) is -4.81. The van der Waals surface area contributed by atoms with E-state index < -0.39 is 22.9 Å². The lowest BCUT2D eigenvalue weighted by Gasteiger charge is -2.18. The Morgan fingerprint density at radius 2 is 1.66 bits per heavy atom. The highest BCUT2D eigenvalue weighted by atomic mass is 19.4. The molecule has 0 N–H and O–H groups in total. The Labute approximate surface area is 166 Å². The van der Waals surface area contributed by atoms with Crippen LogP contribution in [-0.4, -0.2) is 18.7 Å². The zero-order valence-electron chi connectivity index (χ0n) is 15.9. The van der Waals surface area contributed by atoms with Crippen molar-refractivity contribution < 1.29 is 13.2 Å². The third kappa shape index (κ3) is 4.16. The molecule has 0 bridgehead atoms. The monoisotopic (exact) mass is 397 g/mol. The van der Waals surface area contributed by atoms with Crippen LogP contribution in [0.4, 0.5) is 18.9 Å². The molecule has 0 aliphatic heterocycles. The fourth-order valence-electron chi connectivity index (χ4n) is 3.07. The van der Waals surface area contributed by atoms with Crippen molar-refractivity contribution >= 4 is 5.69 Å². The van der Waals surface area contributed by atoms with Crippen LogP contribution in [0.5, 0.6) is 0 Å². The summed E-state index contributed by atoms with van der Waals surface area (Å²) in [5, 5.41) is 9.24. The van der Waals surface area contributed by atoms with Crippen LogP contribution < -0.4 is 10.5 Å². The van der Waals surface area contributed by atoms with Crippen molar-refractivity contribution in [1.82, 2.24) is 4.57 Å². The number of aromatic nitrogens is 1. The third-order valence-corrected chi connectivity index (χ3v) is 4.58. The van der Waals surface area contributed by atoms with E-state index in [1.807, 2.05) is 19.0 Å². The fourth-order valence-corrected chi connectivity index (χ4v) is 3.07. The molecule has 3 rings (SSSR count). The van der Waals surface area contributed by atoms with Crippen LogP contribution in [0.15, 0.2) is 65.5 Å². The number of hydrogen-bond donors (Lipinski definition) is 0. The highest BCUT2D eigenvalue weighted by Crippen LogP contribution is 2.34. The van der Waals surface area contributed by atoms with E-state index in [1.54, 1.807) is 54.6 Å². The van der Waals surface area contributed by atoms with Gasteiger partial charge in [-0.2, -0.15) is 18.4 Å². The number of halogens is 3. The Kier molecular flexibility index (Phi) is 5.46. The maximum absolute atomic E-state index is 13.5. The number of hydrogen-bond acceptors (Lipinski definition) is 3. The minimum Gasteiger partial charge on any atom is -0.378 e. The predicted molar refractivity (Wildman–Crippen MR) is 106 cm³/mol. The molecular formula is C22H18F3N3O. The van der Waals surface area contributed by atoms with E-state index in [0.29, 0.717) is 5.56 Å². The molecule has 0 radical (unpaired) electrons. The number of nitriles is 1. The summed E-state index contributed by atoms with van der Waals surface area (Å²) in [5.41, 5.74) is -0.908. The van der Waals surface area contributed by atoms with E-state index >= 15 is 0 Å². The number of anilines is 1. The van der Waals surface area contributed by atoms with Gasteiger partial charge in [0, 0.05) is 19.8 Å².